The highest BCUT2D eigenvalue weighted by Crippen LogP contribution is 2.25. The number of carbonyl (C=O) groups excluding carboxylic acids is 1. The lowest BCUT2D eigenvalue weighted by atomic mass is 10.1. The Morgan fingerprint density at radius 2 is 1.93 bits per heavy atom. The summed E-state index contributed by atoms with van der Waals surface area (Å²) in [6, 6.07) is 8.66. The normalized spacial score (nSPS) is 19.1. The molecule has 2 aliphatic rings. The summed E-state index contributed by atoms with van der Waals surface area (Å²) in [5.74, 6) is 0.143. The fraction of sp³-hybridized carbons (Fsp3) is 0.524. The van der Waals surface area contributed by atoms with Gasteiger partial charge in [0.2, 0.25) is 5.91 Å². The Hall–Kier alpha value is -1.80. The van der Waals surface area contributed by atoms with Crippen molar-refractivity contribution < 1.29 is 9.53 Å². The van der Waals surface area contributed by atoms with Crippen molar-refractivity contribution in [3.63, 3.8) is 0 Å². The molecule has 2 saturated heterocycles. The number of thiazole rings is 1. The highest BCUT2D eigenvalue weighted by molar-refractivity contribution is 7.13. The number of benzene rings is 1. The molecule has 150 valence electrons. The van der Waals surface area contributed by atoms with Gasteiger partial charge in [0.15, 0.2) is 0 Å². The minimum Gasteiger partial charge on any atom is -0.378 e. The third kappa shape index (κ3) is 4.97. The van der Waals surface area contributed by atoms with Gasteiger partial charge in [-0.1, -0.05) is 18.2 Å². The van der Waals surface area contributed by atoms with Gasteiger partial charge in [-0.2, -0.15) is 0 Å². The second-order valence-electron chi connectivity index (χ2n) is 7.59. The zero-order chi connectivity index (χ0) is 19.3. The molecular formula is C21H28N4O2S. The number of hydrogen-bond donors (Lipinski definition) is 0. The number of aromatic nitrogens is 1. The molecule has 0 atom stereocenters. The standard InChI is InChI=1S/C21H28N4O2S/c1-23-5-7-24(8-6-23)15-17-3-2-4-18(13-17)21-22-19(16-28-21)14-20(26)25-9-11-27-12-10-25/h2-4,13,16H,5-12,14-15H2,1H3. The molecule has 2 aromatic rings. The Balaban J connectivity index is 1.38. The van der Waals surface area contributed by atoms with Crippen LogP contribution in [0.4, 0.5) is 0 Å². The van der Waals surface area contributed by atoms with E-state index in [1.54, 1.807) is 11.3 Å². The zero-order valence-electron chi connectivity index (χ0n) is 16.5. The van der Waals surface area contributed by atoms with Crippen molar-refractivity contribution in [3.05, 3.63) is 40.9 Å². The van der Waals surface area contributed by atoms with E-state index in [1.807, 2.05) is 10.3 Å². The highest BCUT2D eigenvalue weighted by atomic mass is 32.1. The minimum atomic E-state index is 0.143. The summed E-state index contributed by atoms with van der Waals surface area (Å²) >= 11 is 1.62. The Kier molecular flexibility index (Phi) is 6.36. The van der Waals surface area contributed by atoms with Gasteiger partial charge in [0, 0.05) is 56.8 Å². The van der Waals surface area contributed by atoms with Crippen molar-refractivity contribution in [2.75, 3.05) is 59.5 Å². The Morgan fingerprint density at radius 1 is 1.14 bits per heavy atom. The van der Waals surface area contributed by atoms with E-state index in [2.05, 4.69) is 41.1 Å². The first-order chi connectivity index (χ1) is 13.7. The van der Waals surface area contributed by atoms with Gasteiger partial charge in [-0.25, -0.2) is 4.98 Å². The fourth-order valence-electron chi connectivity index (χ4n) is 3.67. The number of likely N-dealkylation sites (N-methyl/N-ethyl adjacent to an activating group) is 1. The molecule has 0 N–H and O–H groups in total. The molecule has 2 aliphatic heterocycles. The number of amides is 1. The number of hydrogen-bond acceptors (Lipinski definition) is 6. The largest absolute Gasteiger partial charge is 0.378 e. The van der Waals surface area contributed by atoms with Crippen LogP contribution in [0.25, 0.3) is 10.6 Å². The number of nitrogens with zero attached hydrogens (tertiary/aromatic N) is 4. The van der Waals surface area contributed by atoms with Crippen molar-refractivity contribution in [3.8, 4) is 10.6 Å². The molecule has 1 aromatic heterocycles. The second-order valence-corrected chi connectivity index (χ2v) is 8.45. The van der Waals surface area contributed by atoms with Gasteiger partial charge in [-0.15, -0.1) is 11.3 Å². The minimum absolute atomic E-state index is 0.143. The molecule has 2 fully saturated rings. The van der Waals surface area contributed by atoms with Crippen LogP contribution in [0, 0.1) is 0 Å². The highest BCUT2D eigenvalue weighted by Gasteiger charge is 2.19. The van der Waals surface area contributed by atoms with E-state index < -0.39 is 0 Å². The van der Waals surface area contributed by atoms with E-state index in [1.165, 1.54) is 5.56 Å². The van der Waals surface area contributed by atoms with Crippen molar-refractivity contribution in [1.29, 1.82) is 0 Å². The second kappa shape index (κ2) is 9.13. The van der Waals surface area contributed by atoms with Crippen molar-refractivity contribution in [2.45, 2.75) is 13.0 Å². The van der Waals surface area contributed by atoms with E-state index in [-0.39, 0.29) is 5.91 Å². The molecule has 0 aliphatic carbocycles. The molecule has 1 aromatic carbocycles. The van der Waals surface area contributed by atoms with Gasteiger partial charge >= 0.3 is 0 Å². The molecule has 0 unspecified atom stereocenters. The van der Waals surface area contributed by atoms with Crippen LogP contribution >= 0.6 is 11.3 Å². The molecule has 1 amide bonds. The Labute approximate surface area is 170 Å². The van der Waals surface area contributed by atoms with Gasteiger partial charge in [-0.3, -0.25) is 9.69 Å². The Morgan fingerprint density at radius 3 is 2.71 bits per heavy atom. The van der Waals surface area contributed by atoms with E-state index >= 15 is 0 Å². The lowest BCUT2D eigenvalue weighted by Gasteiger charge is -2.32. The van der Waals surface area contributed by atoms with Crippen LogP contribution in [0.15, 0.2) is 29.6 Å². The summed E-state index contributed by atoms with van der Waals surface area (Å²) in [4.78, 5) is 23.9. The van der Waals surface area contributed by atoms with Crippen LogP contribution < -0.4 is 0 Å². The molecule has 7 heteroatoms. The van der Waals surface area contributed by atoms with Crippen LogP contribution in [0.5, 0.6) is 0 Å². The smallest absolute Gasteiger partial charge is 0.228 e. The summed E-state index contributed by atoms with van der Waals surface area (Å²) in [6.45, 7) is 8.11. The van der Waals surface area contributed by atoms with Crippen LogP contribution in [0.3, 0.4) is 0 Å². The predicted molar refractivity (Wildman–Crippen MR) is 111 cm³/mol. The predicted octanol–water partition coefficient (Wildman–Crippen LogP) is 1.96. The van der Waals surface area contributed by atoms with Crippen LogP contribution in [-0.2, 0) is 22.5 Å². The van der Waals surface area contributed by atoms with E-state index in [4.69, 9.17) is 9.72 Å². The lowest BCUT2D eigenvalue weighted by molar-refractivity contribution is -0.134. The van der Waals surface area contributed by atoms with Gasteiger partial charge in [-0.05, 0) is 18.7 Å². The maximum Gasteiger partial charge on any atom is 0.228 e. The molecular weight excluding hydrogens is 372 g/mol. The molecule has 28 heavy (non-hydrogen) atoms. The molecule has 4 rings (SSSR count). The summed E-state index contributed by atoms with van der Waals surface area (Å²) in [5.41, 5.74) is 3.32. The first kappa shape index (κ1) is 19.5. The average Bonchev–Trinajstić information content (AvgIpc) is 3.19. The van der Waals surface area contributed by atoms with Crippen LogP contribution in [-0.4, -0.2) is 85.1 Å². The quantitative estimate of drug-likeness (QED) is 0.768. The van der Waals surface area contributed by atoms with Gasteiger partial charge < -0.3 is 14.5 Å². The number of rotatable bonds is 5. The third-order valence-electron chi connectivity index (χ3n) is 5.42. The SMILES string of the molecule is CN1CCN(Cc2cccc(-c3nc(CC(=O)N4CCOCC4)cs3)c2)CC1. The Bertz CT molecular complexity index is 795. The van der Waals surface area contributed by atoms with Crippen molar-refractivity contribution >= 4 is 17.2 Å². The number of carbonyl (C=O) groups is 1. The third-order valence-corrected chi connectivity index (χ3v) is 6.36. The monoisotopic (exact) mass is 400 g/mol. The lowest BCUT2D eigenvalue weighted by Crippen LogP contribution is -2.43. The van der Waals surface area contributed by atoms with Crippen LogP contribution in [0.2, 0.25) is 0 Å². The van der Waals surface area contributed by atoms with Crippen molar-refractivity contribution in [2.24, 2.45) is 0 Å². The van der Waals surface area contributed by atoms with Crippen molar-refractivity contribution in [1.82, 2.24) is 19.7 Å². The number of piperazine rings is 1. The zero-order valence-corrected chi connectivity index (χ0v) is 17.3. The number of morpholine rings is 1. The fourth-order valence-corrected chi connectivity index (χ4v) is 4.48. The van der Waals surface area contributed by atoms with Gasteiger partial charge in [0.05, 0.1) is 25.3 Å². The summed E-state index contributed by atoms with van der Waals surface area (Å²) < 4.78 is 5.32. The topological polar surface area (TPSA) is 48.9 Å². The molecule has 3 heterocycles. The van der Waals surface area contributed by atoms with E-state index in [0.717, 1.165) is 49.0 Å². The molecule has 0 saturated carbocycles. The average molecular weight is 401 g/mol. The maximum absolute atomic E-state index is 12.4. The summed E-state index contributed by atoms with van der Waals surface area (Å²) in [5, 5.41) is 3.01. The van der Waals surface area contributed by atoms with E-state index in [0.29, 0.717) is 32.7 Å². The van der Waals surface area contributed by atoms with Crippen LogP contribution in [0.1, 0.15) is 11.3 Å². The maximum atomic E-state index is 12.4. The molecule has 0 spiro atoms. The first-order valence-corrected chi connectivity index (χ1v) is 10.9. The first-order valence-electron chi connectivity index (χ1n) is 9.97. The molecule has 6 nitrogen and oxygen atoms in total. The molecule has 0 radical (unpaired) electrons. The van der Waals surface area contributed by atoms with Gasteiger partial charge in [0.1, 0.15) is 5.01 Å². The van der Waals surface area contributed by atoms with E-state index in [9.17, 15) is 4.79 Å². The number of ether oxygens (including phenoxy) is 1. The van der Waals surface area contributed by atoms with Gasteiger partial charge in [0.25, 0.3) is 0 Å². The summed E-state index contributed by atoms with van der Waals surface area (Å²) in [6.07, 6.45) is 0.373. The summed E-state index contributed by atoms with van der Waals surface area (Å²) in [7, 11) is 2.18. The molecule has 0 bridgehead atoms.